The van der Waals surface area contributed by atoms with Crippen LogP contribution in [0.3, 0.4) is 0 Å². The summed E-state index contributed by atoms with van der Waals surface area (Å²) in [5.74, 6) is 0.766. The summed E-state index contributed by atoms with van der Waals surface area (Å²) in [6.07, 6.45) is 2.21. The minimum absolute atomic E-state index is 0.327. The molecule has 1 aliphatic carbocycles. The van der Waals surface area contributed by atoms with Gasteiger partial charge in [0.05, 0.1) is 13.2 Å². The van der Waals surface area contributed by atoms with Gasteiger partial charge in [-0.1, -0.05) is 0 Å². The first-order valence-corrected chi connectivity index (χ1v) is 4.87. The van der Waals surface area contributed by atoms with Crippen LogP contribution < -0.4 is 0 Å². The Bertz CT molecular complexity index is 178. The fraction of sp³-hybridized carbons (Fsp3) is 0.900. The van der Waals surface area contributed by atoms with Crippen molar-refractivity contribution in [3.8, 4) is 0 Å². The number of rotatable bonds is 6. The first-order chi connectivity index (χ1) is 6.15. The van der Waals surface area contributed by atoms with Gasteiger partial charge in [0.2, 0.25) is 0 Å². The van der Waals surface area contributed by atoms with E-state index in [1.807, 2.05) is 7.05 Å². The van der Waals surface area contributed by atoms with E-state index in [4.69, 9.17) is 4.74 Å². The molecule has 3 nitrogen and oxygen atoms in total. The van der Waals surface area contributed by atoms with Crippen LogP contribution in [0.2, 0.25) is 0 Å². The van der Waals surface area contributed by atoms with Crippen molar-refractivity contribution < 1.29 is 9.53 Å². The van der Waals surface area contributed by atoms with Crippen molar-refractivity contribution in [2.75, 3.05) is 27.3 Å². The highest BCUT2D eigenvalue weighted by molar-refractivity contribution is 5.84. The summed E-state index contributed by atoms with van der Waals surface area (Å²) in [6.45, 7) is 3.34. The molecule has 1 aliphatic rings. The number of Topliss-reactive ketones (excluding diaryl/α,β-unsaturated/α-hetero) is 1. The maximum Gasteiger partial charge on any atom is 0.149 e. The van der Waals surface area contributed by atoms with Crippen LogP contribution in [0.1, 0.15) is 19.8 Å². The largest absolute Gasteiger partial charge is 0.383 e. The Labute approximate surface area is 80.1 Å². The van der Waals surface area contributed by atoms with Gasteiger partial charge in [-0.3, -0.25) is 9.69 Å². The quantitative estimate of drug-likeness (QED) is 0.616. The second-order valence-corrected chi connectivity index (χ2v) is 3.96. The number of hydrogen-bond acceptors (Lipinski definition) is 3. The molecule has 0 bridgehead atoms. The molecule has 0 aromatic rings. The number of ketones is 1. The van der Waals surface area contributed by atoms with E-state index >= 15 is 0 Å². The van der Waals surface area contributed by atoms with Crippen molar-refractivity contribution >= 4 is 5.78 Å². The molecule has 13 heavy (non-hydrogen) atoms. The van der Waals surface area contributed by atoms with Gasteiger partial charge >= 0.3 is 0 Å². The molecule has 1 unspecified atom stereocenters. The van der Waals surface area contributed by atoms with Crippen LogP contribution in [-0.2, 0) is 9.53 Å². The Morgan fingerprint density at radius 3 is 2.69 bits per heavy atom. The Balaban J connectivity index is 2.21. The van der Waals surface area contributed by atoms with Gasteiger partial charge < -0.3 is 4.74 Å². The molecule has 0 aromatic carbocycles. The molecule has 3 heteroatoms. The number of carbonyl (C=O) groups is 1. The molecule has 1 rings (SSSR count). The lowest BCUT2D eigenvalue weighted by molar-refractivity contribution is -0.121. The molecule has 76 valence electrons. The summed E-state index contributed by atoms with van der Waals surface area (Å²) in [5.41, 5.74) is 0. The molecular formula is C10H19NO2. The van der Waals surface area contributed by atoms with Gasteiger partial charge in [-0.15, -0.1) is 0 Å². The molecule has 0 N–H and O–H groups in total. The topological polar surface area (TPSA) is 29.5 Å². The Kier molecular flexibility index (Phi) is 3.88. The molecule has 0 aliphatic heterocycles. The molecular weight excluding hydrogens is 166 g/mol. The zero-order chi connectivity index (χ0) is 9.84. The molecule has 1 atom stereocenters. The number of carbonyl (C=O) groups excluding carboxylic acids is 1. The van der Waals surface area contributed by atoms with Crippen LogP contribution in [0.25, 0.3) is 0 Å². The van der Waals surface area contributed by atoms with E-state index in [-0.39, 0.29) is 0 Å². The maximum atomic E-state index is 11.4. The smallest absolute Gasteiger partial charge is 0.149 e. The summed E-state index contributed by atoms with van der Waals surface area (Å²) < 4.78 is 5.03. The predicted molar refractivity (Wildman–Crippen MR) is 51.7 cm³/mol. The van der Waals surface area contributed by atoms with Crippen molar-refractivity contribution in [3.63, 3.8) is 0 Å². The summed E-state index contributed by atoms with van der Waals surface area (Å²) in [6, 6.07) is 0.327. The molecule has 0 spiro atoms. The van der Waals surface area contributed by atoms with E-state index in [0.717, 1.165) is 12.8 Å². The van der Waals surface area contributed by atoms with Crippen molar-refractivity contribution in [2.24, 2.45) is 5.92 Å². The number of methoxy groups -OCH3 is 1. The first kappa shape index (κ1) is 10.7. The molecule has 0 amide bonds. The Morgan fingerprint density at radius 1 is 1.62 bits per heavy atom. The highest BCUT2D eigenvalue weighted by Gasteiger charge is 2.30. The fourth-order valence-electron chi connectivity index (χ4n) is 1.30. The third-order valence-electron chi connectivity index (χ3n) is 2.60. The van der Waals surface area contributed by atoms with E-state index in [1.165, 1.54) is 0 Å². The summed E-state index contributed by atoms with van der Waals surface area (Å²) >= 11 is 0. The zero-order valence-electron chi connectivity index (χ0n) is 8.75. The van der Waals surface area contributed by atoms with E-state index in [2.05, 4.69) is 11.8 Å². The Morgan fingerprint density at radius 2 is 2.23 bits per heavy atom. The monoisotopic (exact) mass is 185 g/mol. The van der Waals surface area contributed by atoms with Crippen LogP contribution in [0, 0.1) is 5.92 Å². The molecule has 1 saturated carbocycles. The standard InChI is InChI=1S/C10H19NO2/c1-8(7-13-3)11(2)6-10(12)9-4-5-9/h8-9H,4-7H2,1-3H3. The second kappa shape index (κ2) is 4.72. The normalized spacial score (nSPS) is 19.1. The maximum absolute atomic E-state index is 11.4. The van der Waals surface area contributed by atoms with Gasteiger partial charge in [-0.2, -0.15) is 0 Å². The van der Waals surface area contributed by atoms with Crippen molar-refractivity contribution in [1.29, 1.82) is 0 Å². The van der Waals surface area contributed by atoms with Crippen LogP contribution >= 0.6 is 0 Å². The van der Waals surface area contributed by atoms with Gasteiger partial charge in [0.15, 0.2) is 0 Å². The summed E-state index contributed by atoms with van der Waals surface area (Å²) in [4.78, 5) is 13.5. The zero-order valence-corrected chi connectivity index (χ0v) is 8.75. The minimum atomic E-state index is 0.327. The summed E-state index contributed by atoms with van der Waals surface area (Å²) in [7, 11) is 3.66. The van der Waals surface area contributed by atoms with Crippen LogP contribution in [-0.4, -0.2) is 44.0 Å². The van der Waals surface area contributed by atoms with Crippen LogP contribution in [0.4, 0.5) is 0 Å². The van der Waals surface area contributed by atoms with E-state index in [9.17, 15) is 4.79 Å². The summed E-state index contributed by atoms with van der Waals surface area (Å²) in [5, 5.41) is 0. The van der Waals surface area contributed by atoms with E-state index in [1.54, 1.807) is 7.11 Å². The van der Waals surface area contributed by atoms with Crippen molar-refractivity contribution in [2.45, 2.75) is 25.8 Å². The minimum Gasteiger partial charge on any atom is -0.383 e. The molecule has 0 saturated heterocycles. The molecule has 1 fully saturated rings. The lowest BCUT2D eigenvalue weighted by Gasteiger charge is -2.22. The van der Waals surface area contributed by atoms with Gasteiger partial charge in [0.1, 0.15) is 5.78 Å². The first-order valence-electron chi connectivity index (χ1n) is 4.87. The third kappa shape index (κ3) is 3.44. The Hall–Kier alpha value is -0.410. The SMILES string of the molecule is COCC(C)N(C)CC(=O)C1CC1. The highest BCUT2D eigenvalue weighted by Crippen LogP contribution is 2.29. The number of hydrogen-bond donors (Lipinski definition) is 0. The average molecular weight is 185 g/mol. The molecule has 0 radical (unpaired) electrons. The van der Waals surface area contributed by atoms with Crippen molar-refractivity contribution in [1.82, 2.24) is 4.90 Å². The fourth-order valence-corrected chi connectivity index (χ4v) is 1.30. The average Bonchev–Trinajstić information content (AvgIpc) is 2.86. The lowest BCUT2D eigenvalue weighted by atomic mass is 10.2. The molecule has 0 heterocycles. The number of nitrogens with zero attached hydrogens (tertiary/aromatic N) is 1. The van der Waals surface area contributed by atoms with Gasteiger partial charge in [0.25, 0.3) is 0 Å². The predicted octanol–water partition coefficient (Wildman–Crippen LogP) is 0.932. The number of ether oxygens (including phenoxy) is 1. The van der Waals surface area contributed by atoms with Crippen molar-refractivity contribution in [3.05, 3.63) is 0 Å². The van der Waals surface area contributed by atoms with Gasteiger partial charge in [-0.25, -0.2) is 0 Å². The highest BCUT2D eigenvalue weighted by atomic mass is 16.5. The third-order valence-corrected chi connectivity index (χ3v) is 2.60. The lowest BCUT2D eigenvalue weighted by Crippen LogP contribution is -2.37. The van der Waals surface area contributed by atoms with Crippen LogP contribution in [0.15, 0.2) is 0 Å². The molecule has 0 aromatic heterocycles. The van der Waals surface area contributed by atoms with Gasteiger partial charge in [-0.05, 0) is 26.8 Å². The van der Waals surface area contributed by atoms with E-state index < -0.39 is 0 Å². The van der Waals surface area contributed by atoms with Gasteiger partial charge in [0, 0.05) is 19.1 Å². The van der Waals surface area contributed by atoms with E-state index in [0.29, 0.717) is 30.9 Å². The number of likely N-dealkylation sites (N-methyl/N-ethyl adjacent to an activating group) is 1. The second-order valence-electron chi connectivity index (χ2n) is 3.96. The van der Waals surface area contributed by atoms with Crippen LogP contribution in [0.5, 0.6) is 0 Å².